The zero-order chi connectivity index (χ0) is 7.15. The Bertz CT molecular complexity index is 62.7. The summed E-state index contributed by atoms with van der Waals surface area (Å²) in [6.45, 7) is 7.50. The fraction of sp³-hybridized carbons (Fsp3) is 0.667. The van der Waals surface area contributed by atoms with E-state index in [0.29, 0.717) is 10.5 Å². The van der Waals surface area contributed by atoms with Gasteiger partial charge >= 0.3 is 0 Å². The number of hydrogen-bond donors (Lipinski definition) is 0. The van der Waals surface area contributed by atoms with E-state index < -0.39 is 0 Å². The minimum atomic E-state index is 0. The Kier molecular flexibility index (Phi) is 36.0. The van der Waals surface area contributed by atoms with Crippen LogP contribution < -0.4 is 0 Å². The first-order valence-corrected chi connectivity index (χ1v) is 4.67. The second-order valence-corrected chi connectivity index (χ2v) is 4.16. The Morgan fingerprint density at radius 3 is 1.10 bits per heavy atom. The fourth-order valence-electron chi connectivity index (χ4n) is 0. The van der Waals surface area contributed by atoms with E-state index in [9.17, 15) is 0 Å². The number of hydrogen-bond acceptors (Lipinski definition) is 0. The maximum atomic E-state index is 3.67. The maximum absolute atomic E-state index is 3.67. The van der Waals surface area contributed by atoms with Gasteiger partial charge in [0.1, 0.15) is 0 Å². The lowest BCUT2D eigenvalue weighted by atomic mass is 10.4. The molecule has 0 atom stereocenters. The highest BCUT2D eigenvalue weighted by atomic mass is 32.2. The largest absolute Gasteiger partial charge is 0.199 e. The number of rotatable bonds is 0. The van der Waals surface area contributed by atoms with Crippen molar-refractivity contribution in [2.24, 2.45) is 0 Å². The third kappa shape index (κ3) is 241000. The molecule has 0 aliphatic heterocycles. The highest BCUT2D eigenvalue weighted by molar-refractivity contribution is 8.12. The van der Waals surface area contributed by atoms with Crippen LogP contribution in [0.1, 0.15) is 28.7 Å². The molecule has 0 spiro atoms. The van der Waals surface area contributed by atoms with E-state index in [1.165, 1.54) is 5.57 Å². The lowest BCUT2D eigenvalue weighted by Gasteiger charge is -1.70. The third-order valence-electron chi connectivity index (χ3n) is 0. The summed E-state index contributed by atoms with van der Waals surface area (Å²) in [5.74, 6) is 3.67. The molecule has 0 saturated heterocycles. The fourth-order valence-corrected chi connectivity index (χ4v) is 0. The highest BCUT2D eigenvalue weighted by Crippen LogP contribution is 1.86. The monoisotopic (exact) mass is 164 g/mol. The minimum absolute atomic E-state index is 0. The molecular formula is C9H24S. The van der Waals surface area contributed by atoms with Crippen molar-refractivity contribution in [1.82, 2.24) is 0 Å². The van der Waals surface area contributed by atoms with E-state index in [1.54, 1.807) is 0 Å². The minimum Gasteiger partial charge on any atom is -0.199 e. The van der Waals surface area contributed by atoms with Crippen molar-refractivity contribution in [3.63, 3.8) is 0 Å². The molecule has 0 fully saturated rings. The Morgan fingerprint density at radius 2 is 1.10 bits per heavy atom. The molecule has 1 heteroatoms. The van der Waals surface area contributed by atoms with Crippen LogP contribution in [0.15, 0.2) is 12.2 Å². The van der Waals surface area contributed by atoms with Gasteiger partial charge in [0.2, 0.25) is 0 Å². The zero-order valence-electron chi connectivity index (χ0n) is 6.32. The molecule has 0 amide bonds. The second-order valence-electron chi connectivity index (χ2n) is 2.19. The van der Waals surface area contributed by atoms with Crippen molar-refractivity contribution in [1.29, 1.82) is 0 Å². The van der Waals surface area contributed by atoms with Gasteiger partial charge in [-0.3, -0.25) is 0 Å². The SMILES string of the molecule is C.C.C=C(C)C.C=S(C)C. The van der Waals surface area contributed by atoms with E-state index in [2.05, 4.69) is 25.0 Å². The molecule has 0 aromatic carbocycles. The number of allylic oxidation sites excluding steroid dienone is 1. The van der Waals surface area contributed by atoms with Crippen LogP contribution in [0.3, 0.4) is 0 Å². The second kappa shape index (κ2) is 16.0. The smallest absolute Gasteiger partial charge is 0.0242 e. The molecule has 0 N–H and O–H groups in total. The molecule has 0 aliphatic rings. The van der Waals surface area contributed by atoms with Gasteiger partial charge < -0.3 is 0 Å². The van der Waals surface area contributed by atoms with Crippen LogP contribution in [-0.2, 0) is 0 Å². The molecule has 10 heavy (non-hydrogen) atoms. The molecule has 66 valence electrons. The Labute approximate surface area is 70.3 Å². The summed E-state index contributed by atoms with van der Waals surface area (Å²) in [6.07, 6.45) is 4.17. The summed E-state index contributed by atoms with van der Waals surface area (Å²) < 4.78 is 0. The molecule has 0 bridgehead atoms. The van der Waals surface area contributed by atoms with E-state index >= 15 is 0 Å². The van der Waals surface area contributed by atoms with Crippen LogP contribution in [-0.4, -0.2) is 18.4 Å². The van der Waals surface area contributed by atoms with Gasteiger partial charge in [-0.2, -0.15) is 10.5 Å². The van der Waals surface area contributed by atoms with Crippen molar-refractivity contribution in [2.75, 3.05) is 12.5 Å². The van der Waals surface area contributed by atoms with Crippen molar-refractivity contribution >= 4 is 16.4 Å². The van der Waals surface area contributed by atoms with Crippen molar-refractivity contribution < 1.29 is 0 Å². The van der Waals surface area contributed by atoms with Gasteiger partial charge in [-0.25, -0.2) is 0 Å². The van der Waals surface area contributed by atoms with E-state index in [0.717, 1.165) is 0 Å². The van der Waals surface area contributed by atoms with E-state index in [1.807, 2.05) is 13.8 Å². The van der Waals surface area contributed by atoms with E-state index in [-0.39, 0.29) is 14.9 Å². The van der Waals surface area contributed by atoms with Crippen molar-refractivity contribution in [2.45, 2.75) is 28.7 Å². The molecule has 0 nitrogen and oxygen atoms in total. The molecule has 0 heterocycles. The van der Waals surface area contributed by atoms with Crippen LogP contribution in [0, 0.1) is 0 Å². The quantitative estimate of drug-likeness (QED) is 0.377. The molecule has 0 radical (unpaired) electrons. The molecule has 0 aliphatic carbocycles. The lowest BCUT2D eigenvalue weighted by molar-refractivity contribution is 1.42. The average Bonchev–Trinajstić information content (AvgIpc) is 1.25. The van der Waals surface area contributed by atoms with Gasteiger partial charge in [0, 0.05) is 0 Å². The van der Waals surface area contributed by atoms with Gasteiger partial charge in [0.05, 0.1) is 0 Å². The van der Waals surface area contributed by atoms with Crippen molar-refractivity contribution in [3.05, 3.63) is 12.2 Å². The summed E-state index contributed by atoms with van der Waals surface area (Å²) in [5.41, 5.74) is 1.17. The predicted octanol–water partition coefficient (Wildman–Crippen LogP) is 3.80. The average molecular weight is 164 g/mol. The first-order valence-electron chi connectivity index (χ1n) is 2.46. The van der Waals surface area contributed by atoms with Gasteiger partial charge in [-0.1, -0.05) is 26.3 Å². The van der Waals surface area contributed by atoms with Crippen LogP contribution in [0.4, 0.5) is 0 Å². The first-order chi connectivity index (χ1) is 3.46. The normalized spacial score (nSPS) is 6.10. The Hall–Kier alpha value is -0.0400. The van der Waals surface area contributed by atoms with Crippen LogP contribution in [0.25, 0.3) is 0 Å². The topological polar surface area (TPSA) is 0 Å². The molecule has 0 aromatic rings. The van der Waals surface area contributed by atoms with Crippen LogP contribution >= 0.6 is 10.5 Å². The summed E-state index contributed by atoms with van der Waals surface area (Å²) in [6, 6.07) is 0. The highest BCUT2D eigenvalue weighted by Gasteiger charge is 1.51. The first kappa shape index (κ1) is 22.5. The van der Waals surface area contributed by atoms with Gasteiger partial charge in [0.25, 0.3) is 0 Å². The lowest BCUT2D eigenvalue weighted by Crippen LogP contribution is -1.43. The van der Waals surface area contributed by atoms with Crippen molar-refractivity contribution in [3.8, 4) is 0 Å². The maximum Gasteiger partial charge on any atom is -0.0242 e. The molecule has 0 saturated carbocycles. The third-order valence-corrected chi connectivity index (χ3v) is 0. The zero-order valence-corrected chi connectivity index (χ0v) is 7.14. The molecule has 0 unspecified atom stereocenters. The van der Waals surface area contributed by atoms with Crippen LogP contribution in [0.5, 0.6) is 0 Å². The van der Waals surface area contributed by atoms with E-state index in [4.69, 9.17) is 0 Å². The molecule has 0 rings (SSSR count). The standard InChI is InChI=1S/C4H8.C3H8S.2CH4/c2*1-4(2)3;;/h2*1H2,2-3H3;2*1H4. The summed E-state index contributed by atoms with van der Waals surface area (Å²) in [4.78, 5) is 0. The Morgan fingerprint density at radius 1 is 1.10 bits per heavy atom. The molecule has 0 aromatic heterocycles. The van der Waals surface area contributed by atoms with Gasteiger partial charge in [-0.15, -0.1) is 6.58 Å². The summed E-state index contributed by atoms with van der Waals surface area (Å²) >= 11 is 0. The van der Waals surface area contributed by atoms with Gasteiger partial charge in [0.15, 0.2) is 0 Å². The molecular weight excluding hydrogens is 140 g/mol. The van der Waals surface area contributed by atoms with Crippen LogP contribution in [0.2, 0.25) is 0 Å². The van der Waals surface area contributed by atoms with Gasteiger partial charge in [-0.05, 0) is 26.4 Å². The Balaban J connectivity index is -0.0000000300. The summed E-state index contributed by atoms with van der Waals surface area (Å²) in [7, 11) is 0.389. The summed E-state index contributed by atoms with van der Waals surface area (Å²) in [5, 5.41) is 0. The predicted molar refractivity (Wildman–Crippen MR) is 60.5 cm³/mol.